The summed E-state index contributed by atoms with van der Waals surface area (Å²) in [5.41, 5.74) is 0.735. The topological polar surface area (TPSA) is 366 Å². The third kappa shape index (κ3) is 30.0. The SMILES string of the molecule is CCCCS(=O)(=O)O/N=C(\C(=N/OS(=O)(=O)CCCC)c1ccccc1)c1ccccc1.CS(=O)(=O)O/N=C(\C(=O)c1ccccc1)c1ccccc1.Cc1ccc(S(=O)(=O)ON=C(c2ccccc2)c2ccccc2)cc1.O=S(=O)(O/N=C(\c1ccccc1)c1ccccn1)c1ccccc1.O=S(=O)([O-])C(F)(F)F.[H+]. The van der Waals surface area contributed by atoms with Gasteiger partial charge in [0.05, 0.1) is 23.5 Å². The van der Waals surface area contributed by atoms with Gasteiger partial charge in [-0.1, -0.05) is 307 Å². The molecule has 0 atom stereocenters. The highest BCUT2D eigenvalue weighted by Crippen LogP contribution is 2.22. The normalized spacial score (nSPS) is 12.2. The minimum absolute atomic E-state index is 0. The third-order valence-electron chi connectivity index (χ3n) is 14.0. The molecule has 0 aliphatic carbocycles. The summed E-state index contributed by atoms with van der Waals surface area (Å²) in [4.78, 5) is 16.8. The van der Waals surface area contributed by atoms with Crippen LogP contribution in [0.3, 0.4) is 0 Å². The van der Waals surface area contributed by atoms with Crippen LogP contribution in [0.4, 0.5) is 13.2 Å². The number of nitrogens with zero attached hydrogens (tertiary/aromatic N) is 6. The van der Waals surface area contributed by atoms with Gasteiger partial charge in [0.25, 0.3) is 0 Å². The summed E-state index contributed by atoms with van der Waals surface area (Å²) in [6, 6.07) is 81.7. The van der Waals surface area contributed by atoms with Gasteiger partial charge in [-0.15, -0.1) is 0 Å². The molecule has 10 rings (SSSR count). The Balaban J connectivity index is 0.000000257. The number of hydrogen-bond donors (Lipinski definition) is 0. The van der Waals surface area contributed by atoms with E-state index in [0.717, 1.165) is 22.9 Å². The van der Waals surface area contributed by atoms with Gasteiger partial charge in [-0.25, -0.2) is 8.42 Å². The monoisotopic (exact) mass is 1620 g/mol. The van der Waals surface area contributed by atoms with Crippen molar-refractivity contribution in [1.29, 1.82) is 0 Å². The standard InChI is InChI=1S/C22H28N2O6S2.C20H17NO3S.C18H14N2O3S.C15H13NO4S.CHF3O3S/c1-3-5-17-31(25,26)29-23-21(19-13-9-7-10-14-19)22(20-15-11-8-12-16-20)24-30-32(27,28)18-6-4-2;1-16-12-14-19(15-13-16)25(22,23)24-21-20(17-8-4-2-5-9-17)18-10-6-3-7-11-18;21-24(22,16-11-5-2-6-12-16)23-20-18(15-9-3-1-4-10-15)17-13-7-8-14-19-17;1-21(18,19)20-16-14(12-8-4-2-5-9-12)15(17)13-10-6-3-7-11-13;2-1(3,4)8(5,6)7/h7-16H,3-6,17-18H2,1-2H3;2-15H,1H3;1-14H;2-11H,1H3;(H,5,6,7)/b23-21-,24-22-;;20-18+;16-14-;. The largest absolute Gasteiger partial charge is 1.00 e. The van der Waals surface area contributed by atoms with Crippen LogP contribution in [0.2, 0.25) is 0 Å². The zero-order valence-corrected chi connectivity index (χ0v) is 63.9. The second-order valence-electron chi connectivity index (χ2n) is 22.5. The molecule has 0 fully saturated rings. The van der Waals surface area contributed by atoms with Crippen molar-refractivity contribution in [2.24, 2.45) is 25.8 Å². The molecule has 25 nitrogen and oxygen atoms in total. The molecule has 1 heterocycles. The molecular weight excluding hydrogens is 1550 g/mol. The van der Waals surface area contributed by atoms with Crippen LogP contribution in [-0.4, -0.2) is 118 Å². The molecule has 10 aromatic rings. The highest BCUT2D eigenvalue weighted by atomic mass is 32.2. The van der Waals surface area contributed by atoms with E-state index in [-0.39, 0.29) is 39.9 Å². The smallest absolute Gasteiger partial charge is 0.741 e. The molecule has 0 bridgehead atoms. The maximum Gasteiger partial charge on any atom is 1.00 e. The van der Waals surface area contributed by atoms with E-state index in [9.17, 15) is 60.1 Å². The summed E-state index contributed by atoms with van der Waals surface area (Å²) in [5.74, 6) is -0.783. The van der Waals surface area contributed by atoms with Crippen molar-refractivity contribution >= 4 is 95.1 Å². The van der Waals surface area contributed by atoms with E-state index >= 15 is 0 Å². The molecule has 9 aromatic carbocycles. The van der Waals surface area contributed by atoms with E-state index < -0.39 is 72.0 Å². The van der Waals surface area contributed by atoms with Gasteiger partial charge in [-0.05, 0) is 56.2 Å². The maximum absolute atomic E-state index is 12.5. The number of pyridine rings is 1. The van der Waals surface area contributed by atoms with E-state index in [0.29, 0.717) is 70.6 Å². The Bertz CT molecular complexity index is 5290. The van der Waals surface area contributed by atoms with Crippen molar-refractivity contribution in [1.82, 2.24) is 4.98 Å². The Morgan fingerprint density at radius 2 is 0.682 bits per heavy atom. The molecule has 578 valence electrons. The van der Waals surface area contributed by atoms with Crippen molar-refractivity contribution in [2.75, 3.05) is 17.8 Å². The molecule has 34 heteroatoms. The lowest BCUT2D eigenvalue weighted by Crippen LogP contribution is -2.21. The Labute approximate surface area is 638 Å². The van der Waals surface area contributed by atoms with Crippen LogP contribution in [0.25, 0.3) is 0 Å². The summed E-state index contributed by atoms with van der Waals surface area (Å²) in [7, 11) is -25.7. The molecule has 0 unspecified atom stereocenters. The lowest BCUT2D eigenvalue weighted by Gasteiger charge is -2.11. The quantitative estimate of drug-likeness (QED) is 0.0144. The zero-order chi connectivity index (χ0) is 80.3. The van der Waals surface area contributed by atoms with Gasteiger partial charge < -0.3 is 4.55 Å². The van der Waals surface area contributed by atoms with Crippen molar-refractivity contribution < 1.29 is 95.9 Å². The van der Waals surface area contributed by atoms with Crippen LogP contribution in [0, 0.1) is 6.92 Å². The molecule has 1 aromatic heterocycles. The number of aryl methyl sites for hydroxylation is 1. The van der Waals surface area contributed by atoms with E-state index in [4.69, 9.17) is 30.1 Å². The van der Waals surface area contributed by atoms with Gasteiger partial charge in [0, 0.05) is 45.1 Å². The third-order valence-corrected chi connectivity index (χ3v) is 19.3. The van der Waals surface area contributed by atoms with Crippen LogP contribution < -0.4 is 0 Å². The minimum atomic E-state index is -6.09. The first-order valence-corrected chi connectivity index (χ1v) is 41.9. The number of ketones is 1. The number of halogens is 3. The van der Waals surface area contributed by atoms with E-state index in [1.54, 1.807) is 176 Å². The van der Waals surface area contributed by atoms with Gasteiger partial charge in [-0.3, -0.25) is 31.2 Å². The molecule has 0 N–H and O–H groups in total. The molecule has 0 spiro atoms. The number of rotatable bonds is 28. The van der Waals surface area contributed by atoms with Gasteiger partial charge in [0.15, 0.2) is 15.8 Å². The maximum atomic E-state index is 12.5. The van der Waals surface area contributed by atoms with E-state index in [1.165, 1.54) is 24.3 Å². The van der Waals surface area contributed by atoms with Gasteiger partial charge in [-0.2, -0.15) is 55.3 Å². The number of carbonyl (C=O) groups excluding carboxylic acids is 1. The van der Waals surface area contributed by atoms with Crippen molar-refractivity contribution in [3.8, 4) is 0 Å². The number of aromatic nitrogens is 1. The summed E-state index contributed by atoms with van der Waals surface area (Å²) in [6.45, 7) is 5.62. The number of hydrogen-bond acceptors (Lipinski definition) is 25. The van der Waals surface area contributed by atoms with Crippen LogP contribution in [0.15, 0.2) is 327 Å². The lowest BCUT2D eigenvalue weighted by atomic mass is 10.0. The van der Waals surface area contributed by atoms with Crippen LogP contribution in [-0.2, 0) is 82.1 Å². The fourth-order valence-electron chi connectivity index (χ4n) is 8.58. The minimum Gasteiger partial charge on any atom is -0.741 e. The second kappa shape index (κ2) is 42.4. The molecule has 0 radical (unpaired) electrons. The molecule has 0 amide bonds. The Morgan fingerprint density at radius 1 is 0.382 bits per heavy atom. The van der Waals surface area contributed by atoms with Crippen LogP contribution in [0.1, 0.15) is 96.0 Å². The summed E-state index contributed by atoms with van der Waals surface area (Å²) < 4.78 is 203. The first kappa shape index (κ1) is 87.5. The number of unbranched alkanes of at least 4 members (excludes halogenated alkanes) is 2. The van der Waals surface area contributed by atoms with Gasteiger partial charge >= 0.3 is 57.5 Å². The van der Waals surface area contributed by atoms with E-state index in [1.807, 2.05) is 112 Å². The number of oxime groups is 5. The first-order valence-electron chi connectivity index (χ1n) is 32.7. The highest BCUT2D eigenvalue weighted by Gasteiger charge is 2.37. The summed E-state index contributed by atoms with van der Waals surface area (Å²) in [5, 5.41) is 19.1. The Kier molecular flexibility index (Phi) is 33.7. The fraction of sp³-hybridized carbons (Fsp3) is 0.145. The van der Waals surface area contributed by atoms with Crippen molar-refractivity contribution in [2.45, 2.75) is 61.8 Å². The average Bonchev–Trinajstić information content (AvgIpc) is 0.841. The number of alkyl halides is 3. The Hall–Kier alpha value is -11.4. The number of carbonyl (C=O) groups is 1. The van der Waals surface area contributed by atoms with Crippen molar-refractivity contribution in [3.05, 3.63) is 342 Å². The Morgan fingerprint density at radius 3 is 1.02 bits per heavy atom. The van der Waals surface area contributed by atoms with Crippen molar-refractivity contribution in [3.63, 3.8) is 0 Å². The highest BCUT2D eigenvalue weighted by molar-refractivity contribution is 7.87. The molecule has 0 aliphatic heterocycles. The zero-order valence-electron chi connectivity index (χ0n) is 60.0. The number of benzene rings is 9. The van der Waals surface area contributed by atoms with Crippen LogP contribution in [0.5, 0.6) is 0 Å². The predicted octanol–water partition coefficient (Wildman–Crippen LogP) is 13.9. The lowest BCUT2D eigenvalue weighted by molar-refractivity contribution is -0.0518. The van der Waals surface area contributed by atoms with Gasteiger partial charge in [0.2, 0.25) is 5.78 Å². The predicted molar refractivity (Wildman–Crippen MR) is 411 cm³/mol. The number of Topliss-reactive ketones (excluding diaryl/α,β-unsaturated/α-hetero) is 1. The molecule has 0 aliphatic rings. The molecule has 0 saturated heterocycles. The fourth-order valence-corrected chi connectivity index (χ4v) is 12.1. The summed E-state index contributed by atoms with van der Waals surface area (Å²) in [6.07, 6.45) is 4.69. The molecule has 0 saturated carbocycles. The van der Waals surface area contributed by atoms with Crippen LogP contribution >= 0.6 is 0 Å². The average molecular weight is 1620 g/mol. The first-order chi connectivity index (χ1) is 52.2. The second-order valence-corrected chi connectivity index (χ2v) is 31.9. The van der Waals surface area contributed by atoms with Gasteiger partial charge in [0.1, 0.15) is 32.6 Å². The molecule has 110 heavy (non-hydrogen) atoms. The van der Waals surface area contributed by atoms with E-state index in [2.05, 4.69) is 35.0 Å². The molecular formula is C76H73F3N6O19S6. The summed E-state index contributed by atoms with van der Waals surface area (Å²) >= 11 is 0.